The Labute approximate surface area is 116 Å². The van der Waals surface area contributed by atoms with E-state index in [2.05, 4.69) is 11.1 Å². The van der Waals surface area contributed by atoms with Crippen LogP contribution < -0.4 is 0 Å². The molecule has 0 fully saturated rings. The molecule has 0 aliphatic heterocycles. The molecule has 1 atom stereocenters. The average Bonchev–Trinajstić information content (AvgIpc) is 3.03. The van der Waals surface area contributed by atoms with E-state index in [0.717, 1.165) is 21.9 Å². The van der Waals surface area contributed by atoms with Crippen LogP contribution in [0.3, 0.4) is 0 Å². The highest BCUT2D eigenvalue weighted by molar-refractivity contribution is 7.13. The molecule has 3 rings (SSSR count). The summed E-state index contributed by atoms with van der Waals surface area (Å²) in [6.07, 6.45) is 1.45. The molecule has 0 saturated heterocycles. The van der Waals surface area contributed by atoms with Gasteiger partial charge in [0.1, 0.15) is 11.8 Å². The molecule has 0 aromatic carbocycles. The van der Waals surface area contributed by atoms with E-state index < -0.39 is 6.10 Å². The summed E-state index contributed by atoms with van der Waals surface area (Å²) in [5.74, 6) is 0.142. The Morgan fingerprint density at radius 1 is 1.21 bits per heavy atom. The van der Waals surface area contributed by atoms with E-state index in [1.165, 1.54) is 0 Å². The number of aliphatic hydroxyl groups is 1. The van der Waals surface area contributed by atoms with Crippen molar-refractivity contribution < 1.29 is 5.11 Å². The molecule has 0 aliphatic rings. The van der Waals surface area contributed by atoms with Crippen molar-refractivity contribution in [2.45, 2.75) is 20.0 Å². The van der Waals surface area contributed by atoms with Gasteiger partial charge >= 0.3 is 0 Å². The third kappa shape index (κ3) is 2.07. The molecule has 19 heavy (non-hydrogen) atoms. The van der Waals surface area contributed by atoms with Crippen molar-refractivity contribution in [2.24, 2.45) is 5.92 Å². The fourth-order valence-corrected chi connectivity index (χ4v) is 2.97. The number of thiophene rings is 1. The molecule has 0 spiro atoms. The lowest BCUT2D eigenvalue weighted by atomic mass is 10.0. The second-order valence-corrected chi connectivity index (χ2v) is 5.89. The Bertz CT molecular complexity index is 685. The van der Waals surface area contributed by atoms with Crippen molar-refractivity contribution in [3.05, 3.63) is 47.6 Å². The van der Waals surface area contributed by atoms with Crippen molar-refractivity contribution in [3.63, 3.8) is 0 Å². The van der Waals surface area contributed by atoms with Crippen molar-refractivity contribution in [1.29, 1.82) is 0 Å². The molecule has 3 aromatic heterocycles. The minimum Gasteiger partial charge on any atom is -0.386 e. The number of hydrogen-bond acceptors (Lipinski definition) is 3. The lowest BCUT2D eigenvalue weighted by molar-refractivity contribution is 0.123. The van der Waals surface area contributed by atoms with E-state index in [9.17, 15) is 5.11 Å². The lowest BCUT2D eigenvalue weighted by Crippen LogP contribution is -2.07. The van der Waals surface area contributed by atoms with Gasteiger partial charge in [-0.1, -0.05) is 26.0 Å². The van der Waals surface area contributed by atoms with Gasteiger partial charge in [0.05, 0.1) is 16.3 Å². The van der Waals surface area contributed by atoms with Crippen LogP contribution in [0.25, 0.3) is 16.2 Å². The minimum absolute atomic E-state index is 0.142. The van der Waals surface area contributed by atoms with Crippen LogP contribution in [0.5, 0.6) is 0 Å². The van der Waals surface area contributed by atoms with E-state index in [4.69, 9.17) is 0 Å². The van der Waals surface area contributed by atoms with Crippen molar-refractivity contribution in [2.75, 3.05) is 0 Å². The summed E-state index contributed by atoms with van der Waals surface area (Å²) >= 11 is 1.67. The quantitative estimate of drug-likeness (QED) is 0.788. The molecule has 0 saturated carbocycles. The maximum Gasteiger partial charge on any atom is 0.137 e. The maximum atomic E-state index is 10.4. The molecule has 3 aromatic rings. The summed E-state index contributed by atoms with van der Waals surface area (Å²) in [6, 6.07) is 10.0. The standard InChI is InChI=1S/C15H16N2OS/c1-10(2)15(18)13-14(11-6-5-9-19-11)17-8-4-3-7-12(17)16-13/h3-10,15,18H,1-2H3. The smallest absolute Gasteiger partial charge is 0.137 e. The Balaban J connectivity index is 2.29. The lowest BCUT2D eigenvalue weighted by Gasteiger charge is -2.13. The zero-order chi connectivity index (χ0) is 13.4. The number of nitrogens with zero attached hydrogens (tertiary/aromatic N) is 2. The van der Waals surface area contributed by atoms with Gasteiger partial charge in [-0.3, -0.25) is 4.40 Å². The number of aromatic nitrogens is 2. The summed E-state index contributed by atoms with van der Waals surface area (Å²) in [5.41, 5.74) is 2.65. The molecule has 0 aliphatic carbocycles. The van der Waals surface area contributed by atoms with Crippen LogP contribution in [-0.2, 0) is 0 Å². The summed E-state index contributed by atoms with van der Waals surface area (Å²) in [5, 5.41) is 12.5. The molecular weight excluding hydrogens is 256 g/mol. The van der Waals surface area contributed by atoms with Crippen LogP contribution in [0, 0.1) is 5.92 Å². The maximum absolute atomic E-state index is 10.4. The van der Waals surface area contributed by atoms with E-state index in [1.807, 2.05) is 54.1 Å². The molecular formula is C15H16N2OS. The third-order valence-corrected chi connectivity index (χ3v) is 4.10. The van der Waals surface area contributed by atoms with Gasteiger partial charge in [-0.15, -0.1) is 11.3 Å². The highest BCUT2D eigenvalue weighted by Gasteiger charge is 2.23. The van der Waals surface area contributed by atoms with Crippen LogP contribution in [0.1, 0.15) is 25.6 Å². The number of fused-ring (bicyclic) bond motifs is 1. The van der Waals surface area contributed by atoms with Crippen LogP contribution in [0.2, 0.25) is 0 Å². The first-order chi connectivity index (χ1) is 9.18. The van der Waals surface area contributed by atoms with Crippen LogP contribution in [0.15, 0.2) is 41.9 Å². The Kier molecular flexibility index (Phi) is 3.12. The fraction of sp³-hybridized carbons (Fsp3) is 0.267. The summed E-state index contributed by atoms with van der Waals surface area (Å²) in [4.78, 5) is 5.74. The number of pyridine rings is 1. The second-order valence-electron chi connectivity index (χ2n) is 4.94. The Morgan fingerprint density at radius 3 is 2.74 bits per heavy atom. The molecule has 98 valence electrons. The molecule has 0 bridgehead atoms. The van der Waals surface area contributed by atoms with E-state index in [1.54, 1.807) is 11.3 Å². The first-order valence-corrected chi connectivity index (χ1v) is 7.25. The normalized spacial score (nSPS) is 13.3. The predicted molar refractivity (Wildman–Crippen MR) is 78.3 cm³/mol. The van der Waals surface area contributed by atoms with Gasteiger partial charge in [0.15, 0.2) is 0 Å². The topological polar surface area (TPSA) is 37.5 Å². The number of rotatable bonds is 3. The van der Waals surface area contributed by atoms with Crippen molar-refractivity contribution in [1.82, 2.24) is 9.38 Å². The average molecular weight is 272 g/mol. The molecule has 1 unspecified atom stereocenters. The van der Waals surface area contributed by atoms with Gasteiger partial charge in [-0.2, -0.15) is 0 Å². The minimum atomic E-state index is -0.544. The third-order valence-electron chi connectivity index (χ3n) is 3.22. The molecule has 0 amide bonds. The van der Waals surface area contributed by atoms with Gasteiger partial charge in [0, 0.05) is 6.20 Å². The summed E-state index contributed by atoms with van der Waals surface area (Å²) in [7, 11) is 0. The monoisotopic (exact) mass is 272 g/mol. The SMILES string of the molecule is CC(C)C(O)c1nc2ccccn2c1-c1cccs1. The highest BCUT2D eigenvalue weighted by Crippen LogP contribution is 2.34. The number of hydrogen-bond donors (Lipinski definition) is 1. The zero-order valence-electron chi connectivity index (χ0n) is 10.9. The van der Waals surface area contributed by atoms with Gasteiger partial charge in [-0.25, -0.2) is 4.98 Å². The van der Waals surface area contributed by atoms with Crippen molar-refractivity contribution in [3.8, 4) is 10.6 Å². The summed E-state index contributed by atoms with van der Waals surface area (Å²) < 4.78 is 2.05. The molecule has 3 heterocycles. The van der Waals surface area contributed by atoms with Gasteiger partial charge in [-0.05, 0) is 29.5 Å². The van der Waals surface area contributed by atoms with Gasteiger partial charge in [0.25, 0.3) is 0 Å². The van der Waals surface area contributed by atoms with Crippen LogP contribution in [0.4, 0.5) is 0 Å². The van der Waals surface area contributed by atoms with E-state index in [-0.39, 0.29) is 5.92 Å². The Morgan fingerprint density at radius 2 is 2.05 bits per heavy atom. The largest absolute Gasteiger partial charge is 0.386 e. The van der Waals surface area contributed by atoms with Crippen LogP contribution >= 0.6 is 11.3 Å². The Hall–Kier alpha value is -1.65. The zero-order valence-corrected chi connectivity index (χ0v) is 11.8. The first-order valence-electron chi connectivity index (χ1n) is 6.37. The molecule has 3 nitrogen and oxygen atoms in total. The molecule has 0 radical (unpaired) electrons. The number of aliphatic hydroxyl groups excluding tert-OH is 1. The predicted octanol–water partition coefficient (Wildman–Crippen LogP) is 3.75. The fourth-order valence-electron chi connectivity index (χ4n) is 2.19. The number of imidazole rings is 1. The van der Waals surface area contributed by atoms with E-state index >= 15 is 0 Å². The molecule has 1 N–H and O–H groups in total. The second kappa shape index (κ2) is 4.79. The molecule has 4 heteroatoms. The van der Waals surface area contributed by atoms with Crippen molar-refractivity contribution >= 4 is 17.0 Å². The van der Waals surface area contributed by atoms with Gasteiger partial charge in [0.2, 0.25) is 0 Å². The van der Waals surface area contributed by atoms with E-state index in [0.29, 0.717) is 0 Å². The van der Waals surface area contributed by atoms with Gasteiger partial charge < -0.3 is 5.11 Å². The highest BCUT2D eigenvalue weighted by atomic mass is 32.1. The summed E-state index contributed by atoms with van der Waals surface area (Å²) in [6.45, 7) is 4.01. The first kappa shape index (κ1) is 12.4. The van der Waals surface area contributed by atoms with Crippen LogP contribution in [-0.4, -0.2) is 14.5 Å².